The lowest BCUT2D eigenvalue weighted by molar-refractivity contribution is -0.139. The van der Waals surface area contributed by atoms with E-state index in [4.69, 9.17) is 0 Å². The van der Waals surface area contributed by atoms with Crippen LogP contribution in [0, 0.1) is 11.8 Å². The predicted molar refractivity (Wildman–Crippen MR) is 90.4 cm³/mol. The van der Waals surface area contributed by atoms with Crippen molar-refractivity contribution in [1.29, 1.82) is 0 Å². The Labute approximate surface area is 141 Å². The lowest BCUT2D eigenvalue weighted by Gasteiger charge is -2.33. The lowest BCUT2D eigenvalue weighted by Crippen LogP contribution is -2.49. The maximum atomic E-state index is 12.5. The first kappa shape index (κ1) is 17.0. The van der Waals surface area contributed by atoms with Gasteiger partial charge in [0.05, 0.1) is 5.92 Å². The minimum absolute atomic E-state index is 0.000882. The maximum Gasteiger partial charge on any atom is 0.228 e. The number of hydrazine groups is 1. The van der Waals surface area contributed by atoms with Gasteiger partial charge in [0.25, 0.3) is 0 Å². The van der Waals surface area contributed by atoms with E-state index in [0.717, 1.165) is 18.6 Å². The van der Waals surface area contributed by atoms with Crippen molar-refractivity contribution < 1.29 is 9.59 Å². The Hall–Kier alpha value is -0.830. The molecule has 8 heteroatoms. The molecule has 3 saturated heterocycles. The zero-order valence-electron chi connectivity index (χ0n) is 13.8. The van der Waals surface area contributed by atoms with Gasteiger partial charge in [0.15, 0.2) is 0 Å². The third-order valence-corrected chi connectivity index (χ3v) is 6.25. The molecule has 3 heterocycles. The number of hydrogen-bond acceptors (Lipinski definition) is 6. The molecule has 0 saturated carbocycles. The van der Waals surface area contributed by atoms with E-state index in [0.29, 0.717) is 25.7 Å². The number of amides is 2. The van der Waals surface area contributed by atoms with Crippen LogP contribution in [0.1, 0.15) is 26.7 Å². The average Bonchev–Trinajstić information content (AvgIpc) is 3.15. The predicted octanol–water partition coefficient (Wildman–Crippen LogP) is -0.538. The Kier molecular flexibility index (Phi) is 5.45. The molecule has 3 aliphatic rings. The monoisotopic (exact) mass is 341 g/mol. The van der Waals surface area contributed by atoms with Gasteiger partial charge < -0.3 is 10.2 Å². The van der Waals surface area contributed by atoms with Crippen LogP contribution in [0.4, 0.5) is 0 Å². The van der Waals surface area contributed by atoms with Gasteiger partial charge in [-0.05, 0) is 26.7 Å². The molecule has 0 radical (unpaired) electrons. The Morgan fingerprint density at radius 3 is 2.52 bits per heavy atom. The highest BCUT2D eigenvalue weighted by atomic mass is 32.2. The van der Waals surface area contributed by atoms with Gasteiger partial charge in [-0.2, -0.15) is 0 Å². The number of nitrogens with zero attached hydrogens (tertiary/aromatic N) is 1. The molecule has 0 bridgehead atoms. The summed E-state index contributed by atoms with van der Waals surface area (Å²) >= 11 is 1.74. The minimum Gasteiger partial charge on any atom is -0.342 e. The van der Waals surface area contributed by atoms with Crippen molar-refractivity contribution in [1.82, 2.24) is 26.4 Å². The zero-order chi connectivity index (χ0) is 16.4. The first-order valence-corrected chi connectivity index (χ1v) is 9.54. The molecule has 2 amide bonds. The first-order chi connectivity index (χ1) is 11.0. The van der Waals surface area contributed by atoms with Crippen molar-refractivity contribution >= 4 is 23.6 Å². The van der Waals surface area contributed by atoms with E-state index in [1.165, 1.54) is 0 Å². The fourth-order valence-electron chi connectivity index (χ4n) is 3.43. The van der Waals surface area contributed by atoms with Gasteiger partial charge in [-0.15, -0.1) is 11.8 Å². The summed E-state index contributed by atoms with van der Waals surface area (Å²) < 4.78 is 0. The maximum absolute atomic E-state index is 12.5. The van der Waals surface area contributed by atoms with Gasteiger partial charge in [-0.1, -0.05) is 0 Å². The summed E-state index contributed by atoms with van der Waals surface area (Å²) in [6, 6.07) is 0.608. The van der Waals surface area contributed by atoms with Crippen LogP contribution in [-0.2, 0) is 9.59 Å². The first-order valence-electron chi connectivity index (χ1n) is 8.50. The van der Waals surface area contributed by atoms with Gasteiger partial charge in [-0.3, -0.25) is 25.8 Å². The van der Waals surface area contributed by atoms with E-state index in [2.05, 4.69) is 28.4 Å². The Morgan fingerprint density at radius 1 is 1.22 bits per heavy atom. The number of rotatable bonds is 3. The molecule has 0 aromatic rings. The average molecular weight is 341 g/mol. The number of carbonyl (C=O) groups excluding carboxylic acids is 2. The smallest absolute Gasteiger partial charge is 0.228 e. The van der Waals surface area contributed by atoms with Crippen molar-refractivity contribution in [2.75, 3.05) is 25.4 Å². The minimum atomic E-state index is 0.000882. The molecule has 3 rings (SSSR count). The van der Waals surface area contributed by atoms with E-state index in [1.807, 2.05) is 11.8 Å². The van der Waals surface area contributed by atoms with Gasteiger partial charge in [0.1, 0.15) is 5.50 Å². The van der Waals surface area contributed by atoms with Crippen molar-refractivity contribution in [3.63, 3.8) is 0 Å². The van der Waals surface area contributed by atoms with Crippen molar-refractivity contribution in [2.45, 2.75) is 44.3 Å². The number of nitrogens with one attached hydrogen (secondary N) is 4. The van der Waals surface area contributed by atoms with Crippen molar-refractivity contribution in [2.24, 2.45) is 11.8 Å². The molecule has 4 N–H and O–H groups in total. The van der Waals surface area contributed by atoms with Crippen LogP contribution in [0.5, 0.6) is 0 Å². The van der Waals surface area contributed by atoms with E-state index in [1.54, 1.807) is 11.8 Å². The molecule has 4 unspecified atom stereocenters. The molecule has 0 aromatic carbocycles. The fraction of sp³-hybridized carbons (Fsp3) is 0.867. The number of hydrogen-bond donors (Lipinski definition) is 4. The molecule has 7 nitrogen and oxygen atoms in total. The second-order valence-corrected chi connectivity index (χ2v) is 7.95. The summed E-state index contributed by atoms with van der Waals surface area (Å²) in [6.45, 7) is 6.19. The second-order valence-electron chi connectivity index (χ2n) is 6.81. The number of thioether (sulfide) groups is 1. The quantitative estimate of drug-likeness (QED) is 0.552. The molecular formula is C15H27N5O2S. The van der Waals surface area contributed by atoms with E-state index >= 15 is 0 Å². The largest absolute Gasteiger partial charge is 0.342 e. The molecule has 4 atom stereocenters. The lowest BCUT2D eigenvalue weighted by atomic mass is 9.94. The zero-order valence-corrected chi connectivity index (χ0v) is 14.6. The van der Waals surface area contributed by atoms with Crippen molar-refractivity contribution in [3.8, 4) is 0 Å². The van der Waals surface area contributed by atoms with E-state index in [9.17, 15) is 9.59 Å². The number of piperidine rings is 1. The standard InChI is InChI=1S/C15H27N5O2S/c1-9-8-23-15(17-9)18-13(21)11-3-5-20(6-4-11)14(22)12-7-16-19-10(12)2/h9-12,15-17,19H,3-8H2,1-2H3,(H,18,21). The molecule has 3 aliphatic heterocycles. The highest BCUT2D eigenvalue weighted by Crippen LogP contribution is 2.22. The summed E-state index contributed by atoms with van der Waals surface area (Å²) in [6.07, 6.45) is 1.51. The van der Waals surface area contributed by atoms with Gasteiger partial charge in [0, 0.05) is 43.4 Å². The molecule has 3 fully saturated rings. The van der Waals surface area contributed by atoms with Crippen LogP contribution < -0.4 is 21.5 Å². The molecule has 23 heavy (non-hydrogen) atoms. The van der Waals surface area contributed by atoms with Gasteiger partial charge in [0.2, 0.25) is 11.8 Å². The Morgan fingerprint density at radius 2 is 1.96 bits per heavy atom. The van der Waals surface area contributed by atoms with Crippen LogP contribution in [0.3, 0.4) is 0 Å². The van der Waals surface area contributed by atoms with Crippen LogP contribution in [0.15, 0.2) is 0 Å². The number of carbonyl (C=O) groups is 2. The third-order valence-electron chi connectivity index (χ3n) is 4.97. The topological polar surface area (TPSA) is 85.5 Å². The second kappa shape index (κ2) is 7.38. The highest BCUT2D eigenvalue weighted by Gasteiger charge is 2.36. The summed E-state index contributed by atoms with van der Waals surface area (Å²) in [5.41, 5.74) is 6.17. The van der Waals surface area contributed by atoms with Crippen LogP contribution in [0.2, 0.25) is 0 Å². The molecule has 0 aromatic heterocycles. The van der Waals surface area contributed by atoms with E-state index in [-0.39, 0.29) is 35.2 Å². The normalized spacial score (nSPS) is 35.5. The molecule has 0 spiro atoms. The Balaban J connectivity index is 1.44. The van der Waals surface area contributed by atoms with Crippen LogP contribution in [-0.4, -0.2) is 59.7 Å². The van der Waals surface area contributed by atoms with Gasteiger partial charge >= 0.3 is 0 Å². The summed E-state index contributed by atoms with van der Waals surface area (Å²) in [4.78, 5) is 26.8. The Bertz CT molecular complexity index is 455. The summed E-state index contributed by atoms with van der Waals surface area (Å²) in [7, 11) is 0. The summed E-state index contributed by atoms with van der Waals surface area (Å²) in [5.74, 6) is 1.37. The van der Waals surface area contributed by atoms with E-state index < -0.39 is 0 Å². The summed E-state index contributed by atoms with van der Waals surface area (Å²) in [5, 5.41) is 6.42. The molecular weight excluding hydrogens is 314 g/mol. The van der Waals surface area contributed by atoms with Crippen LogP contribution >= 0.6 is 11.8 Å². The highest BCUT2D eigenvalue weighted by molar-refractivity contribution is 8.00. The van der Waals surface area contributed by atoms with Crippen molar-refractivity contribution in [3.05, 3.63) is 0 Å². The number of likely N-dealkylation sites (tertiary alicyclic amines) is 1. The molecule has 0 aliphatic carbocycles. The third kappa shape index (κ3) is 3.99. The van der Waals surface area contributed by atoms with Gasteiger partial charge in [-0.25, -0.2) is 0 Å². The molecule has 130 valence electrons. The SMILES string of the molecule is CC1CSC(NC(=O)C2CCN(C(=O)C3CNNC3C)CC2)N1. The van der Waals surface area contributed by atoms with Crippen LogP contribution in [0.25, 0.3) is 0 Å². The fourth-order valence-corrected chi connectivity index (χ4v) is 4.54.